The van der Waals surface area contributed by atoms with Gasteiger partial charge in [-0.2, -0.15) is 0 Å². The van der Waals surface area contributed by atoms with E-state index < -0.39 is 11.7 Å². The second-order valence-corrected chi connectivity index (χ2v) is 12.6. The molecule has 0 aromatic rings. The van der Waals surface area contributed by atoms with Crippen LogP contribution in [0.4, 0.5) is 0 Å². The quantitative estimate of drug-likeness (QED) is 0.482. The van der Waals surface area contributed by atoms with Gasteiger partial charge in [0.05, 0.1) is 6.10 Å². The summed E-state index contributed by atoms with van der Waals surface area (Å²) in [5.41, 5.74) is 0.724. The Kier molecular flexibility index (Phi) is 6.68. The van der Waals surface area contributed by atoms with Crippen molar-refractivity contribution in [1.29, 1.82) is 0 Å². The molecular formula is C29H46O4. The maximum atomic E-state index is 12.3. The van der Waals surface area contributed by atoms with Gasteiger partial charge in [0.25, 0.3) is 0 Å². The molecule has 4 nitrogen and oxygen atoms in total. The fourth-order valence-electron chi connectivity index (χ4n) is 8.15. The highest BCUT2D eigenvalue weighted by atomic mass is 16.5. The van der Waals surface area contributed by atoms with E-state index in [1.807, 2.05) is 0 Å². The molecule has 8 atom stereocenters. The van der Waals surface area contributed by atoms with E-state index >= 15 is 0 Å². The van der Waals surface area contributed by atoms with E-state index in [9.17, 15) is 15.0 Å². The molecule has 0 spiro atoms. The molecule has 0 aromatic carbocycles. The number of hydrogen-bond donors (Lipinski definition) is 2. The molecule has 0 bridgehead atoms. The average Bonchev–Trinajstić information content (AvgIpc) is 2.94. The van der Waals surface area contributed by atoms with Crippen molar-refractivity contribution in [2.75, 3.05) is 0 Å². The highest BCUT2D eigenvalue weighted by Crippen LogP contribution is 2.66. The fourth-order valence-corrected chi connectivity index (χ4v) is 8.15. The van der Waals surface area contributed by atoms with Crippen molar-refractivity contribution >= 4 is 5.97 Å². The highest BCUT2D eigenvalue weighted by Gasteiger charge is 2.67. The van der Waals surface area contributed by atoms with Crippen LogP contribution in [0, 0.1) is 34.5 Å². The monoisotopic (exact) mass is 458 g/mol. The van der Waals surface area contributed by atoms with Crippen molar-refractivity contribution in [3.63, 3.8) is 0 Å². The zero-order valence-corrected chi connectivity index (χ0v) is 21.7. The maximum absolute atomic E-state index is 12.3. The number of allylic oxidation sites excluding steroid dienone is 2. The Balaban J connectivity index is 1.60. The number of rotatable bonds is 6. The third-order valence-electron chi connectivity index (χ3n) is 10.2. The predicted molar refractivity (Wildman–Crippen MR) is 131 cm³/mol. The molecule has 4 rings (SSSR count). The summed E-state index contributed by atoms with van der Waals surface area (Å²) >= 11 is 0. The minimum Gasteiger partial charge on any atom is -0.463 e. The van der Waals surface area contributed by atoms with Gasteiger partial charge in [-0.3, -0.25) is 4.79 Å². The molecule has 4 aliphatic rings. The van der Waals surface area contributed by atoms with Crippen LogP contribution >= 0.6 is 0 Å². The Labute approximate surface area is 200 Å². The van der Waals surface area contributed by atoms with Crippen molar-refractivity contribution in [1.82, 2.24) is 0 Å². The molecule has 2 N–H and O–H groups in total. The molecule has 0 aliphatic heterocycles. The number of aliphatic hydroxyl groups is 2. The second kappa shape index (κ2) is 8.82. The zero-order valence-electron chi connectivity index (χ0n) is 21.7. The number of carbonyl (C=O) groups is 1. The Morgan fingerprint density at radius 3 is 2.55 bits per heavy atom. The van der Waals surface area contributed by atoms with Gasteiger partial charge in [-0.25, -0.2) is 0 Å². The molecule has 4 aliphatic carbocycles. The first-order chi connectivity index (χ1) is 15.4. The second-order valence-electron chi connectivity index (χ2n) is 12.6. The summed E-state index contributed by atoms with van der Waals surface area (Å²) in [5.74, 6) is 1.73. The molecule has 0 aromatic heterocycles. The molecule has 0 saturated heterocycles. The van der Waals surface area contributed by atoms with Crippen LogP contribution in [0.25, 0.3) is 0 Å². The van der Waals surface area contributed by atoms with E-state index in [4.69, 9.17) is 4.74 Å². The molecule has 0 amide bonds. The van der Waals surface area contributed by atoms with E-state index in [2.05, 4.69) is 46.8 Å². The zero-order chi connectivity index (χ0) is 24.2. The Bertz CT molecular complexity index is 827. The Hall–Kier alpha value is -1.13. The lowest BCUT2D eigenvalue weighted by atomic mass is 9.50. The minimum atomic E-state index is -1.17. The van der Waals surface area contributed by atoms with Crippen molar-refractivity contribution in [3.05, 3.63) is 23.3 Å². The van der Waals surface area contributed by atoms with E-state index in [1.165, 1.54) is 25.3 Å². The number of esters is 1. The first kappa shape index (κ1) is 25.0. The van der Waals surface area contributed by atoms with Crippen LogP contribution in [0.1, 0.15) is 99.3 Å². The summed E-state index contributed by atoms with van der Waals surface area (Å²) in [6.45, 7) is 12.9. The van der Waals surface area contributed by atoms with Gasteiger partial charge >= 0.3 is 5.97 Å². The van der Waals surface area contributed by atoms with Crippen LogP contribution < -0.4 is 0 Å². The van der Waals surface area contributed by atoms with Crippen LogP contribution in [0.3, 0.4) is 0 Å². The first-order valence-electron chi connectivity index (χ1n) is 13.4. The van der Waals surface area contributed by atoms with Crippen molar-refractivity contribution in [3.8, 4) is 0 Å². The van der Waals surface area contributed by atoms with Gasteiger partial charge < -0.3 is 14.9 Å². The Morgan fingerprint density at radius 1 is 1.15 bits per heavy atom. The van der Waals surface area contributed by atoms with Gasteiger partial charge in [-0.05, 0) is 78.8 Å². The summed E-state index contributed by atoms with van der Waals surface area (Å²) in [6.07, 6.45) is 12.6. The van der Waals surface area contributed by atoms with Crippen molar-refractivity contribution < 1.29 is 19.7 Å². The molecule has 1 unspecified atom stereocenters. The normalized spacial score (nSPS) is 43.2. The molecule has 0 radical (unpaired) electrons. The van der Waals surface area contributed by atoms with Crippen LogP contribution in [0.15, 0.2) is 23.3 Å². The first-order valence-corrected chi connectivity index (χ1v) is 13.4. The lowest BCUT2D eigenvalue weighted by Gasteiger charge is -2.57. The summed E-state index contributed by atoms with van der Waals surface area (Å²) < 4.78 is 5.56. The van der Waals surface area contributed by atoms with Crippen molar-refractivity contribution in [2.45, 2.75) is 117 Å². The molecule has 0 heterocycles. The fraction of sp³-hybridized carbons (Fsp3) is 0.828. The number of aliphatic hydroxyl groups excluding tert-OH is 1. The number of carbonyl (C=O) groups excluding carboxylic acids is 1. The van der Waals surface area contributed by atoms with Crippen molar-refractivity contribution in [2.24, 2.45) is 34.5 Å². The standard InChI is InChI=1S/C29H46O4/c1-18(2)8-7-9-19(3)25-17-26(31)29(32)24-11-10-21-16-22(33-20(4)30)12-14-27(21,5)23(24)13-15-28(25,29)6/h11,13,18-19,21-22,25-26,31-32H,7-10,12,14-17H2,1-6H3/t19-,21?,22+,25-,26+,27+,28-,29+/m1/s1. The highest BCUT2D eigenvalue weighted by molar-refractivity contribution is 5.66. The van der Waals surface area contributed by atoms with Crippen LogP contribution in [-0.2, 0) is 9.53 Å². The van der Waals surface area contributed by atoms with Gasteiger partial charge in [0.1, 0.15) is 11.7 Å². The number of ether oxygens (including phenoxy) is 1. The number of hydrogen-bond acceptors (Lipinski definition) is 4. The third-order valence-corrected chi connectivity index (χ3v) is 10.2. The van der Waals surface area contributed by atoms with Gasteiger partial charge in [-0.15, -0.1) is 0 Å². The topological polar surface area (TPSA) is 66.8 Å². The molecule has 186 valence electrons. The molecule has 2 fully saturated rings. The van der Waals surface area contributed by atoms with Crippen LogP contribution in [0.5, 0.6) is 0 Å². The van der Waals surface area contributed by atoms with E-state index in [0.29, 0.717) is 24.2 Å². The lowest BCUT2D eigenvalue weighted by Crippen LogP contribution is -2.57. The van der Waals surface area contributed by atoms with Gasteiger partial charge in [-0.1, -0.05) is 66.0 Å². The average molecular weight is 459 g/mol. The number of fused-ring (bicyclic) bond motifs is 5. The molecule has 33 heavy (non-hydrogen) atoms. The van der Waals surface area contributed by atoms with Crippen LogP contribution in [0.2, 0.25) is 0 Å². The third kappa shape index (κ3) is 3.93. The lowest BCUT2D eigenvalue weighted by molar-refractivity contribution is -0.150. The van der Waals surface area contributed by atoms with Gasteiger partial charge in [0, 0.05) is 12.3 Å². The minimum absolute atomic E-state index is 0.00112. The smallest absolute Gasteiger partial charge is 0.302 e. The molecule has 4 heteroatoms. The van der Waals surface area contributed by atoms with Gasteiger partial charge in [0.15, 0.2) is 0 Å². The van der Waals surface area contributed by atoms with E-state index in [1.54, 1.807) is 0 Å². The molecular weight excluding hydrogens is 412 g/mol. The molecule has 2 saturated carbocycles. The van der Waals surface area contributed by atoms with Gasteiger partial charge in [0.2, 0.25) is 0 Å². The largest absolute Gasteiger partial charge is 0.463 e. The summed E-state index contributed by atoms with van der Waals surface area (Å²) in [4.78, 5) is 11.5. The Morgan fingerprint density at radius 2 is 1.88 bits per heavy atom. The summed E-state index contributed by atoms with van der Waals surface area (Å²) in [6, 6.07) is 0. The SMILES string of the molecule is CC(=O)O[C@H]1CC[C@]2(C)C3=CC[C@]4(C)[C@@H]([C@H](C)CCCC(C)C)C[C@H](O)[C@@]4(O)C3=CCC2C1. The van der Waals surface area contributed by atoms with E-state index in [0.717, 1.165) is 50.0 Å². The van der Waals surface area contributed by atoms with Crippen LogP contribution in [-0.4, -0.2) is 34.0 Å². The summed E-state index contributed by atoms with van der Waals surface area (Å²) in [5, 5.41) is 23.7. The maximum Gasteiger partial charge on any atom is 0.302 e. The van der Waals surface area contributed by atoms with E-state index in [-0.39, 0.29) is 22.9 Å². The predicted octanol–water partition coefficient (Wildman–Crippen LogP) is 5.97. The summed E-state index contributed by atoms with van der Waals surface area (Å²) in [7, 11) is 0.